The molecule has 7 nitrogen and oxygen atoms in total. The zero-order chi connectivity index (χ0) is 16.6. The van der Waals surface area contributed by atoms with Crippen LogP contribution in [-0.4, -0.2) is 58.6 Å². The molecule has 1 unspecified atom stereocenters. The third-order valence-electron chi connectivity index (χ3n) is 4.39. The number of carbonyl (C=O) groups is 2. The maximum atomic E-state index is 12.1. The summed E-state index contributed by atoms with van der Waals surface area (Å²) in [4.78, 5) is 25.0. The predicted molar refractivity (Wildman–Crippen MR) is 76.7 cm³/mol. The van der Waals surface area contributed by atoms with E-state index in [9.17, 15) is 19.8 Å². The number of aliphatic hydroxyl groups is 1. The van der Waals surface area contributed by atoms with Crippen LogP contribution in [0.1, 0.15) is 27.7 Å². The number of rotatable bonds is 7. The maximum Gasteiger partial charge on any atom is 0.352 e. The first-order valence-corrected chi connectivity index (χ1v) is 7.51. The van der Waals surface area contributed by atoms with Crippen molar-refractivity contribution in [2.24, 2.45) is 11.8 Å². The van der Waals surface area contributed by atoms with Gasteiger partial charge in [-0.1, -0.05) is 6.92 Å². The molecule has 2 N–H and O–H groups in total. The van der Waals surface area contributed by atoms with Gasteiger partial charge in [0.1, 0.15) is 5.70 Å². The summed E-state index contributed by atoms with van der Waals surface area (Å²) in [6.45, 7) is 7.59. The highest BCUT2D eigenvalue weighted by molar-refractivity contribution is 6.00. The minimum Gasteiger partial charge on any atom is -0.477 e. The second-order valence-electron chi connectivity index (χ2n) is 5.77. The molecule has 2 aliphatic heterocycles. The lowest BCUT2D eigenvalue weighted by Crippen LogP contribution is -2.63. The lowest BCUT2D eigenvalue weighted by molar-refractivity contribution is -0.163. The van der Waals surface area contributed by atoms with Gasteiger partial charge < -0.3 is 24.6 Å². The number of nitrogens with zero attached hydrogens (tertiary/aromatic N) is 1. The number of aliphatic hydroxyl groups excluding tert-OH is 1. The number of carbonyl (C=O) groups excluding carboxylic acids is 1. The van der Waals surface area contributed by atoms with Gasteiger partial charge in [-0.05, 0) is 26.3 Å². The largest absolute Gasteiger partial charge is 0.477 e. The van der Waals surface area contributed by atoms with E-state index >= 15 is 0 Å². The van der Waals surface area contributed by atoms with Crippen molar-refractivity contribution < 1.29 is 29.3 Å². The Hall–Kier alpha value is -1.44. The zero-order valence-corrected chi connectivity index (χ0v) is 13.3. The van der Waals surface area contributed by atoms with E-state index in [-0.39, 0.29) is 30.2 Å². The summed E-state index contributed by atoms with van der Waals surface area (Å²) in [7, 11) is 0. The fraction of sp³-hybridized carbons (Fsp3) is 0.733. The molecule has 0 aromatic carbocycles. The highest BCUT2D eigenvalue weighted by Crippen LogP contribution is 2.47. The van der Waals surface area contributed by atoms with Gasteiger partial charge >= 0.3 is 5.97 Å². The van der Waals surface area contributed by atoms with E-state index in [0.29, 0.717) is 12.2 Å². The van der Waals surface area contributed by atoms with Crippen LogP contribution in [-0.2, 0) is 19.1 Å². The first-order chi connectivity index (χ1) is 10.3. The molecule has 0 bridgehead atoms. The second-order valence-corrected chi connectivity index (χ2v) is 5.77. The molecule has 2 rings (SSSR count). The number of carboxylic acids is 1. The monoisotopic (exact) mass is 313 g/mol. The molecule has 1 amide bonds. The van der Waals surface area contributed by atoms with Crippen molar-refractivity contribution in [1.29, 1.82) is 0 Å². The van der Waals surface area contributed by atoms with Crippen LogP contribution >= 0.6 is 0 Å². The summed E-state index contributed by atoms with van der Waals surface area (Å²) < 4.78 is 10.8. The number of carboxylic acid groups (broad SMARTS) is 1. The summed E-state index contributed by atoms with van der Waals surface area (Å²) in [6, 6.07) is -0.306. The minimum atomic E-state index is -1.14. The summed E-state index contributed by atoms with van der Waals surface area (Å²) in [5.41, 5.74) is 0.559. The van der Waals surface area contributed by atoms with Crippen molar-refractivity contribution in [1.82, 2.24) is 4.90 Å². The van der Waals surface area contributed by atoms with Crippen LogP contribution < -0.4 is 0 Å². The van der Waals surface area contributed by atoms with Crippen molar-refractivity contribution in [2.75, 3.05) is 13.2 Å². The topological polar surface area (TPSA) is 96.3 Å². The van der Waals surface area contributed by atoms with E-state index in [1.165, 1.54) is 4.90 Å². The van der Waals surface area contributed by atoms with E-state index in [0.717, 1.165) is 0 Å². The van der Waals surface area contributed by atoms with Crippen LogP contribution in [0.3, 0.4) is 0 Å². The van der Waals surface area contributed by atoms with Crippen LogP contribution in [0.25, 0.3) is 0 Å². The van der Waals surface area contributed by atoms with Crippen LogP contribution in [0.4, 0.5) is 0 Å². The van der Waals surface area contributed by atoms with Gasteiger partial charge in [0.05, 0.1) is 24.7 Å². The Morgan fingerprint density at radius 2 is 2.00 bits per heavy atom. The maximum absolute atomic E-state index is 12.1. The van der Waals surface area contributed by atoms with E-state index in [1.54, 1.807) is 13.8 Å². The number of fused-ring (bicyclic) bond motifs is 1. The van der Waals surface area contributed by atoms with Gasteiger partial charge in [-0.2, -0.15) is 0 Å². The molecule has 124 valence electrons. The quantitative estimate of drug-likeness (QED) is 0.527. The molecule has 7 heteroatoms. The molecule has 2 aliphatic rings. The molecule has 0 aromatic rings. The molecule has 0 saturated carbocycles. The molecule has 1 saturated heterocycles. The molecule has 1 fully saturated rings. The van der Waals surface area contributed by atoms with Crippen LogP contribution in [0.5, 0.6) is 0 Å². The van der Waals surface area contributed by atoms with Crippen molar-refractivity contribution in [3.05, 3.63) is 11.3 Å². The molecule has 0 aromatic heterocycles. The lowest BCUT2D eigenvalue weighted by atomic mass is 9.78. The number of ether oxygens (including phenoxy) is 2. The Morgan fingerprint density at radius 3 is 2.50 bits per heavy atom. The van der Waals surface area contributed by atoms with Gasteiger partial charge in [0, 0.05) is 12.5 Å². The Kier molecular flexibility index (Phi) is 4.89. The fourth-order valence-electron chi connectivity index (χ4n) is 3.32. The third kappa shape index (κ3) is 2.64. The first-order valence-electron chi connectivity index (χ1n) is 7.51. The molecule has 22 heavy (non-hydrogen) atoms. The summed E-state index contributed by atoms with van der Waals surface area (Å²) in [6.07, 6.45) is -1.25. The Bertz CT molecular complexity index is 500. The Morgan fingerprint density at radius 1 is 1.36 bits per heavy atom. The first kappa shape index (κ1) is 16.9. The normalized spacial score (nSPS) is 30.1. The molecular weight excluding hydrogens is 290 g/mol. The van der Waals surface area contributed by atoms with E-state index in [1.807, 2.05) is 13.8 Å². The molecule has 5 atom stereocenters. The van der Waals surface area contributed by atoms with Crippen molar-refractivity contribution in [2.45, 2.75) is 46.1 Å². The van der Waals surface area contributed by atoms with Crippen LogP contribution in [0.2, 0.25) is 0 Å². The van der Waals surface area contributed by atoms with Crippen LogP contribution in [0.15, 0.2) is 11.3 Å². The SMILES string of the molecule is CCOC(C)OCC1=C(C(=O)O)N2C(=O)[C@H]([C@@H](C)O)[C@H]2[C@H]1C. The molecular formula is C15H23NO6. The molecule has 2 heterocycles. The van der Waals surface area contributed by atoms with Gasteiger partial charge in [0.2, 0.25) is 5.91 Å². The zero-order valence-electron chi connectivity index (χ0n) is 13.3. The molecule has 0 spiro atoms. The lowest BCUT2D eigenvalue weighted by Gasteiger charge is -2.46. The standard InChI is InChI=1S/C15H23NO6/c1-5-21-9(4)22-6-10-7(2)12-11(8(3)17)14(18)16(12)13(10)15(19)20/h7-9,11-12,17H,5-6H2,1-4H3,(H,19,20)/t7-,8+,9?,11+,12+/m0/s1. The number of hydrogen-bond donors (Lipinski definition) is 2. The number of amides is 1. The third-order valence-corrected chi connectivity index (χ3v) is 4.39. The van der Waals surface area contributed by atoms with Gasteiger partial charge in [0.15, 0.2) is 6.29 Å². The van der Waals surface area contributed by atoms with Crippen molar-refractivity contribution >= 4 is 11.9 Å². The highest BCUT2D eigenvalue weighted by Gasteiger charge is 2.59. The van der Waals surface area contributed by atoms with Crippen LogP contribution in [0, 0.1) is 11.8 Å². The van der Waals surface area contributed by atoms with E-state index in [4.69, 9.17) is 9.47 Å². The van der Waals surface area contributed by atoms with Gasteiger partial charge in [-0.15, -0.1) is 0 Å². The van der Waals surface area contributed by atoms with E-state index in [2.05, 4.69) is 0 Å². The Labute approximate surface area is 129 Å². The predicted octanol–water partition coefficient (Wildman–Crippen LogP) is 0.582. The summed E-state index contributed by atoms with van der Waals surface area (Å²) in [5, 5.41) is 19.2. The highest BCUT2D eigenvalue weighted by atomic mass is 16.7. The fourth-order valence-corrected chi connectivity index (χ4v) is 3.32. The van der Waals surface area contributed by atoms with E-state index < -0.39 is 24.3 Å². The summed E-state index contributed by atoms with van der Waals surface area (Å²) in [5.74, 6) is -2.20. The minimum absolute atomic E-state index is 0.0110. The van der Waals surface area contributed by atoms with Gasteiger partial charge in [-0.25, -0.2) is 4.79 Å². The second kappa shape index (κ2) is 6.36. The van der Waals surface area contributed by atoms with Crippen molar-refractivity contribution in [3.63, 3.8) is 0 Å². The average molecular weight is 313 g/mol. The number of β-lactam (4-membered cyclic amide) rings is 1. The van der Waals surface area contributed by atoms with Crippen molar-refractivity contribution in [3.8, 4) is 0 Å². The average Bonchev–Trinajstić information content (AvgIpc) is 2.66. The number of hydrogen-bond acceptors (Lipinski definition) is 5. The van der Waals surface area contributed by atoms with Gasteiger partial charge in [0.25, 0.3) is 0 Å². The molecule has 0 radical (unpaired) electrons. The Balaban J connectivity index is 2.20. The number of aliphatic carboxylic acids is 1. The molecule has 0 aliphatic carbocycles. The smallest absolute Gasteiger partial charge is 0.352 e. The summed E-state index contributed by atoms with van der Waals surface area (Å²) >= 11 is 0. The van der Waals surface area contributed by atoms with Gasteiger partial charge in [-0.3, -0.25) is 4.79 Å².